The van der Waals surface area contributed by atoms with Crippen molar-refractivity contribution in [3.05, 3.63) is 192 Å². The molecular formula is C67H69F9N24Pt3. The summed E-state index contributed by atoms with van der Waals surface area (Å²) in [4.78, 5) is 37.3. The molecule has 0 aliphatic carbocycles. The Morgan fingerprint density at radius 2 is 0.699 bits per heavy atom. The van der Waals surface area contributed by atoms with Crippen LogP contribution < -0.4 is 30.6 Å². The zero-order valence-corrected chi connectivity index (χ0v) is 64.8. The van der Waals surface area contributed by atoms with Crippen LogP contribution >= 0.6 is 0 Å². The van der Waals surface area contributed by atoms with E-state index in [0.29, 0.717) is 63.9 Å². The molecule has 1 aromatic carbocycles. The fourth-order valence-corrected chi connectivity index (χ4v) is 8.77. The first-order chi connectivity index (χ1) is 46.8. The minimum absolute atomic E-state index is 0. The molecular weight excluding hydrogens is 1900 g/mol. The summed E-state index contributed by atoms with van der Waals surface area (Å²) in [7, 11) is 1.90. The number of para-hydroxylation sites is 1. The molecule has 12 aromatic heterocycles. The van der Waals surface area contributed by atoms with Gasteiger partial charge in [0, 0.05) is 127 Å². The van der Waals surface area contributed by atoms with Crippen molar-refractivity contribution < 1.29 is 103 Å². The van der Waals surface area contributed by atoms with Gasteiger partial charge in [-0.15, -0.1) is 0 Å². The molecule has 0 saturated carbocycles. The number of aryl methyl sites for hydroxylation is 4. The van der Waals surface area contributed by atoms with E-state index in [1.165, 1.54) is 0 Å². The van der Waals surface area contributed by atoms with E-state index in [1.807, 2.05) is 164 Å². The Morgan fingerprint density at radius 3 is 1.01 bits per heavy atom. The van der Waals surface area contributed by atoms with Crippen LogP contribution in [-0.2, 0) is 105 Å². The van der Waals surface area contributed by atoms with Crippen molar-refractivity contribution in [1.82, 2.24) is 120 Å². The largest absolute Gasteiger partial charge is 2.00 e. The van der Waals surface area contributed by atoms with Gasteiger partial charge in [-0.2, -0.15) is 39.5 Å². The Hall–Kier alpha value is -9.22. The molecule has 0 saturated heterocycles. The molecule has 0 radical (unpaired) electrons. The molecule has 0 aliphatic heterocycles. The maximum atomic E-state index is 12.5. The molecule has 13 rings (SSSR count). The number of pyridine rings is 3. The molecule has 0 spiro atoms. The predicted octanol–water partition coefficient (Wildman–Crippen LogP) is 13.2. The maximum absolute atomic E-state index is 12.5. The number of hydrogen-bond acceptors (Lipinski definition) is 15. The second-order valence-corrected chi connectivity index (χ2v) is 25.5. The normalized spacial score (nSPS) is 11.5. The maximum Gasteiger partial charge on any atom is 2.00 e. The Morgan fingerprint density at radius 1 is 0.369 bits per heavy atom. The van der Waals surface area contributed by atoms with E-state index in [1.54, 1.807) is 62.3 Å². The molecule has 24 nitrogen and oxygen atoms in total. The summed E-state index contributed by atoms with van der Waals surface area (Å²) in [5.74, 6) is 5.97. The van der Waals surface area contributed by atoms with Gasteiger partial charge in [0.15, 0.2) is 0 Å². The van der Waals surface area contributed by atoms with Gasteiger partial charge in [0.25, 0.3) is 0 Å². The van der Waals surface area contributed by atoms with Crippen molar-refractivity contribution in [2.24, 2.45) is 7.05 Å². The molecule has 12 heterocycles. The number of imidazole rings is 3. The van der Waals surface area contributed by atoms with Gasteiger partial charge in [0.2, 0.25) is 0 Å². The fraction of sp³-hybridized carbons (Fsp3) is 0.328. The third-order valence-corrected chi connectivity index (χ3v) is 14.1. The molecule has 0 N–H and O–H groups in total. The van der Waals surface area contributed by atoms with Crippen molar-refractivity contribution >= 4 is 0 Å². The summed E-state index contributed by atoms with van der Waals surface area (Å²) < 4.78 is 118. The quantitative estimate of drug-likeness (QED) is 0.128. The summed E-state index contributed by atoms with van der Waals surface area (Å²) >= 11 is 0. The Labute approximate surface area is 629 Å². The molecule has 0 aliphatic rings. The number of aromatic nitrogens is 24. The van der Waals surface area contributed by atoms with E-state index in [-0.39, 0.29) is 96.5 Å². The Balaban J connectivity index is 0.000000222. The van der Waals surface area contributed by atoms with Crippen molar-refractivity contribution in [3.8, 4) is 74.8 Å². The monoisotopic (exact) mass is 1970 g/mol. The van der Waals surface area contributed by atoms with E-state index in [0.717, 1.165) is 52.2 Å². The summed E-state index contributed by atoms with van der Waals surface area (Å²) in [5.41, 5.74) is 2.28. The third-order valence-electron chi connectivity index (χ3n) is 14.1. The number of hydrogen-bond donors (Lipinski definition) is 0. The zero-order chi connectivity index (χ0) is 73.1. The fourth-order valence-electron chi connectivity index (χ4n) is 8.77. The van der Waals surface area contributed by atoms with Crippen molar-refractivity contribution in [1.29, 1.82) is 0 Å². The van der Waals surface area contributed by atoms with Crippen LogP contribution in [0.15, 0.2) is 141 Å². The molecule has 36 heteroatoms. The van der Waals surface area contributed by atoms with Crippen molar-refractivity contribution in [2.45, 2.75) is 138 Å². The van der Waals surface area contributed by atoms with Crippen LogP contribution in [0.4, 0.5) is 39.5 Å². The standard InChI is InChI=1S/3C13H13F3N3.C12H10N5.C9H12N5.C7H8N5.3Pt/c3*1-12(2,3)8-4-5-17-9(6-8)10-7-11(19-18-10)13(14,15)16;1-9-14-11(16-15-9)12-13-7-8-17(12)10-5-3-2-4-6-10;1-6(2)14-5-4-10-9(14)8-11-7(3)12-13-8;1-5-9-6(11-10-5)7-8-3-4-12(7)2;;;/h3*4-7H,1-3H3;2-8H,1H3;4-6H,1-3H3;3-4H,1-2H3;;;/q6*-1;3*+2. The first-order valence-electron chi connectivity index (χ1n) is 30.6. The SMILES string of the molecule is CC(C)(C)c1ccnc(-c2cc(C(F)(F)F)n[n-]2)c1.CC(C)(C)c1ccnc(-c2cc(C(F)(F)F)n[n-]2)c1.CC(C)(C)c1ccnc(-c2cc(C(F)(F)F)n[n-]2)c1.Cc1n[n-]c(-c2nccn2-c2ccccc2)n1.Cc1n[n-]c(-c2nccn2C(C)C)n1.Cc1n[n-]c(-c2nccn2C)n1.[Pt+2].[Pt+2].[Pt+2]. The number of benzene rings is 1. The summed E-state index contributed by atoms with van der Waals surface area (Å²) in [6, 6.07) is 23.8. The van der Waals surface area contributed by atoms with Gasteiger partial charge >= 0.3 is 81.7 Å². The van der Waals surface area contributed by atoms with Crippen molar-refractivity contribution in [3.63, 3.8) is 0 Å². The van der Waals surface area contributed by atoms with Gasteiger partial charge in [-0.3, -0.25) is 30.2 Å². The van der Waals surface area contributed by atoms with Gasteiger partial charge < -0.3 is 74.5 Å². The van der Waals surface area contributed by atoms with E-state index < -0.39 is 35.6 Å². The van der Waals surface area contributed by atoms with E-state index in [4.69, 9.17) is 0 Å². The van der Waals surface area contributed by atoms with Crippen LogP contribution in [0.2, 0.25) is 0 Å². The molecule has 0 atom stereocenters. The summed E-state index contributed by atoms with van der Waals surface area (Å²) in [6.45, 7) is 27.8. The molecule has 550 valence electrons. The second kappa shape index (κ2) is 35.3. The van der Waals surface area contributed by atoms with Crippen LogP contribution in [-0.4, -0.2) is 89.1 Å². The van der Waals surface area contributed by atoms with Crippen LogP contribution in [0.1, 0.15) is 133 Å². The van der Waals surface area contributed by atoms with Crippen LogP contribution in [0, 0.1) is 20.8 Å². The number of halogens is 9. The van der Waals surface area contributed by atoms with E-state index in [9.17, 15) is 39.5 Å². The van der Waals surface area contributed by atoms with Crippen molar-refractivity contribution in [2.75, 3.05) is 0 Å². The van der Waals surface area contributed by atoms with Gasteiger partial charge in [-0.1, -0.05) is 97.6 Å². The van der Waals surface area contributed by atoms with Crippen LogP contribution in [0.3, 0.4) is 0 Å². The van der Waals surface area contributed by atoms with E-state index in [2.05, 4.69) is 120 Å². The minimum Gasteiger partial charge on any atom is -0.573 e. The predicted molar refractivity (Wildman–Crippen MR) is 350 cm³/mol. The minimum atomic E-state index is -4.48. The smallest absolute Gasteiger partial charge is 0.573 e. The average Bonchev–Trinajstić information content (AvgIpc) is 1.78. The molecule has 103 heavy (non-hydrogen) atoms. The van der Waals surface area contributed by atoms with Gasteiger partial charge in [-0.05, 0) is 134 Å². The van der Waals surface area contributed by atoms with Crippen LogP contribution in [0.25, 0.3) is 74.8 Å². The first kappa shape index (κ1) is 84.4. The van der Waals surface area contributed by atoms with E-state index >= 15 is 0 Å². The Kier molecular flexibility index (Phi) is 28.9. The molecule has 0 unspecified atom stereocenters. The summed E-state index contributed by atoms with van der Waals surface area (Å²) in [5, 5.41) is 43.4. The molecule has 0 amide bonds. The molecule has 13 aromatic rings. The third kappa shape index (κ3) is 23.4. The topological polar surface area (TPSA) is 293 Å². The average molecular weight is 1970 g/mol. The number of nitrogens with zero attached hydrogens (tertiary/aromatic N) is 24. The molecule has 0 fully saturated rings. The second-order valence-electron chi connectivity index (χ2n) is 25.5. The molecule has 0 bridgehead atoms. The number of rotatable bonds is 8. The van der Waals surface area contributed by atoms with Gasteiger partial charge in [0.1, 0.15) is 34.6 Å². The first-order valence-corrected chi connectivity index (χ1v) is 30.6. The van der Waals surface area contributed by atoms with Gasteiger partial charge in [0.05, 0.1) is 0 Å². The zero-order valence-electron chi connectivity index (χ0n) is 57.9. The summed E-state index contributed by atoms with van der Waals surface area (Å²) in [6.07, 6.45) is 2.11. The van der Waals surface area contributed by atoms with Crippen LogP contribution in [0.5, 0.6) is 0 Å². The van der Waals surface area contributed by atoms with Gasteiger partial charge in [-0.25, -0.2) is 15.0 Å². The Bertz CT molecular complexity index is 4470. The number of alkyl halides is 9.